The third-order valence-electron chi connectivity index (χ3n) is 3.34. The molecule has 0 bridgehead atoms. The summed E-state index contributed by atoms with van der Waals surface area (Å²) in [7, 11) is 0. The molecule has 0 aliphatic heterocycles. The Bertz CT molecular complexity index is 718. The van der Waals surface area contributed by atoms with Gasteiger partial charge in [-0.25, -0.2) is 0 Å². The van der Waals surface area contributed by atoms with Crippen molar-refractivity contribution in [1.29, 1.82) is 0 Å². The largest absolute Gasteiger partial charge is 0.317 e. The molecule has 1 aromatic carbocycles. The van der Waals surface area contributed by atoms with Crippen LogP contribution in [-0.2, 0) is 6.42 Å². The van der Waals surface area contributed by atoms with Crippen molar-refractivity contribution in [2.75, 3.05) is 13.1 Å². The van der Waals surface area contributed by atoms with Crippen LogP contribution in [0.3, 0.4) is 0 Å². The monoisotopic (exact) mass is 298 g/mol. The molecule has 0 spiro atoms. The Morgan fingerprint density at radius 3 is 3.00 bits per heavy atom. The second-order valence-corrected chi connectivity index (χ2v) is 5.90. The van der Waals surface area contributed by atoms with Crippen molar-refractivity contribution < 1.29 is 0 Å². The summed E-state index contributed by atoms with van der Waals surface area (Å²) in [5.41, 5.74) is 2.12. The fourth-order valence-electron chi connectivity index (χ4n) is 2.29. The summed E-state index contributed by atoms with van der Waals surface area (Å²) >= 11 is 1.68. The Morgan fingerprint density at radius 1 is 1.14 bits per heavy atom. The zero-order valence-corrected chi connectivity index (χ0v) is 12.9. The maximum atomic E-state index is 4.39. The molecule has 108 valence electrons. The molecule has 0 radical (unpaired) electrons. The van der Waals surface area contributed by atoms with E-state index < -0.39 is 0 Å². The highest BCUT2D eigenvalue weighted by Crippen LogP contribution is 2.30. The Hall–Kier alpha value is -1.85. The minimum absolute atomic E-state index is 0.979. The van der Waals surface area contributed by atoms with Crippen LogP contribution in [0, 0.1) is 0 Å². The van der Waals surface area contributed by atoms with Crippen LogP contribution in [0.25, 0.3) is 21.5 Å². The van der Waals surface area contributed by atoms with E-state index >= 15 is 0 Å². The van der Waals surface area contributed by atoms with E-state index in [1.54, 1.807) is 11.3 Å². The van der Waals surface area contributed by atoms with Crippen molar-refractivity contribution in [1.82, 2.24) is 20.5 Å². The Morgan fingerprint density at radius 2 is 2.10 bits per heavy atom. The third kappa shape index (κ3) is 3.25. The van der Waals surface area contributed by atoms with Crippen LogP contribution >= 0.6 is 11.3 Å². The van der Waals surface area contributed by atoms with Crippen LogP contribution < -0.4 is 5.32 Å². The number of aromatic nitrogens is 3. The lowest BCUT2D eigenvalue weighted by molar-refractivity contribution is 0.669. The Labute approximate surface area is 128 Å². The lowest BCUT2D eigenvalue weighted by Crippen LogP contribution is -2.14. The second kappa shape index (κ2) is 6.74. The molecule has 1 N–H and O–H groups in total. The molecular weight excluding hydrogens is 280 g/mol. The first kappa shape index (κ1) is 14.1. The van der Waals surface area contributed by atoms with Crippen molar-refractivity contribution in [2.24, 2.45) is 0 Å². The molecule has 0 unspecified atom stereocenters. The summed E-state index contributed by atoms with van der Waals surface area (Å²) in [5.74, 6) is 0. The molecule has 0 fully saturated rings. The van der Waals surface area contributed by atoms with Gasteiger partial charge in [0.2, 0.25) is 0 Å². The predicted molar refractivity (Wildman–Crippen MR) is 87.5 cm³/mol. The van der Waals surface area contributed by atoms with E-state index in [2.05, 4.69) is 39.6 Å². The van der Waals surface area contributed by atoms with Gasteiger partial charge >= 0.3 is 0 Å². The van der Waals surface area contributed by atoms with Crippen LogP contribution in [0.5, 0.6) is 0 Å². The van der Waals surface area contributed by atoms with Crippen molar-refractivity contribution in [3.05, 3.63) is 41.5 Å². The van der Waals surface area contributed by atoms with E-state index in [0.717, 1.165) is 52.4 Å². The van der Waals surface area contributed by atoms with E-state index in [4.69, 9.17) is 0 Å². The topological polar surface area (TPSA) is 50.7 Å². The predicted octanol–water partition coefficient (Wildman–Crippen LogP) is 3.30. The maximum Gasteiger partial charge on any atom is 0.148 e. The molecule has 0 saturated heterocycles. The zero-order valence-electron chi connectivity index (χ0n) is 12.0. The van der Waals surface area contributed by atoms with Gasteiger partial charge in [0, 0.05) is 23.6 Å². The number of nitrogens with zero attached hydrogens (tertiary/aromatic N) is 3. The fraction of sp³-hybridized carbons (Fsp3) is 0.312. The summed E-state index contributed by atoms with van der Waals surface area (Å²) < 4.78 is 0. The lowest BCUT2D eigenvalue weighted by Gasteiger charge is -2.01. The van der Waals surface area contributed by atoms with Crippen molar-refractivity contribution in [2.45, 2.75) is 19.8 Å². The van der Waals surface area contributed by atoms with Gasteiger partial charge in [-0.05, 0) is 31.6 Å². The minimum atomic E-state index is 0.979. The number of pyridine rings is 1. The van der Waals surface area contributed by atoms with Crippen LogP contribution in [0.1, 0.15) is 18.4 Å². The summed E-state index contributed by atoms with van der Waals surface area (Å²) in [6.45, 7) is 4.17. The molecular formula is C16H18N4S. The third-order valence-corrected chi connectivity index (χ3v) is 4.35. The Balaban J connectivity index is 1.81. The average molecular weight is 298 g/mol. The molecule has 0 amide bonds. The number of hydrogen-bond acceptors (Lipinski definition) is 5. The highest BCUT2D eigenvalue weighted by atomic mass is 32.1. The van der Waals surface area contributed by atoms with Gasteiger partial charge in [-0.15, -0.1) is 10.2 Å². The number of hydrogen-bond donors (Lipinski definition) is 1. The Kier molecular flexibility index (Phi) is 4.52. The number of fused-ring (bicyclic) bond motifs is 1. The van der Waals surface area contributed by atoms with E-state index in [-0.39, 0.29) is 0 Å². The van der Waals surface area contributed by atoms with Gasteiger partial charge in [0.05, 0.1) is 5.52 Å². The summed E-state index contributed by atoms with van der Waals surface area (Å²) in [5, 5.41) is 15.2. The van der Waals surface area contributed by atoms with Gasteiger partial charge < -0.3 is 5.32 Å². The number of aryl methyl sites for hydroxylation is 1. The van der Waals surface area contributed by atoms with Crippen molar-refractivity contribution >= 4 is 22.2 Å². The molecule has 2 aromatic heterocycles. The fourth-order valence-corrected chi connectivity index (χ4v) is 3.22. The average Bonchev–Trinajstić information content (AvgIpc) is 3.00. The van der Waals surface area contributed by atoms with Crippen molar-refractivity contribution in [3.8, 4) is 10.6 Å². The first-order valence-corrected chi connectivity index (χ1v) is 8.07. The second-order valence-electron chi connectivity index (χ2n) is 4.83. The summed E-state index contributed by atoms with van der Waals surface area (Å²) in [6.07, 6.45) is 3.89. The van der Waals surface area contributed by atoms with Gasteiger partial charge in [0.15, 0.2) is 0 Å². The smallest absolute Gasteiger partial charge is 0.148 e. The van der Waals surface area contributed by atoms with Gasteiger partial charge in [-0.1, -0.05) is 36.5 Å². The molecule has 3 aromatic rings. The number of rotatable bonds is 6. The van der Waals surface area contributed by atoms with Crippen LogP contribution in [-0.4, -0.2) is 28.3 Å². The van der Waals surface area contributed by atoms with Crippen LogP contribution in [0.4, 0.5) is 0 Å². The molecule has 2 heterocycles. The molecule has 4 nitrogen and oxygen atoms in total. The zero-order chi connectivity index (χ0) is 14.5. The van der Waals surface area contributed by atoms with E-state index in [1.165, 1.54) is 0 Å². The molecule has 0 saturated carbocycles. The molecule has 5 heteroatoms. The van der Waals surface area contributed by atoms with E-state index in [0.29, 0.717) is 0 Å². The molecule has 21 heavy (non-hydrogen) atoms. The summed E-state index contributed by atoms with van der Waals surface area (Å²) in [4.78, 5) is 4.39. The lowest BCUT2D eigenvalue weighted by atomic mass is 10.1. The standard InChI is InChI=1S/C16H18N4S/c1-2-17-10-5-9-15-19-20-16(21-15)13-6-3-8-14-12(13)7-4-11-18-14/h3-4,6-8,11,17H,2,5,9-10H2,1H3. The molecule has 3 rings (SSSR count). The van der Waals surface area contributed by atoms with Gasteiger partial charge in [0.1, 0.15) is 10.0 Å². The number of benzene rings is 1. The van der Waals surface area contributed by atoms with E-state index in [9.17, 15) is 0 Å². The van der Waals surface area contributed by atoms with Crippen LogP contribution in [0.2, 0.25) is 0 Å². The first-order valence-electron chi connectivity index (χ1n) is 7.25. The maximum absolute atomic E-state index is 4.39. The van der Waals surface area contributed by atoms with Crippen molar-refractivity contribution in [3.63, 3.8) is 0 Å². The van der Waals surface area contributed by atoms with Gasteiger partial charge in [-0.3, -0.25) is 4.98 Å². The van der Waals surface area contributed by atoms with Gasteiger partial charge in [-0.2, -0.15) is 0 Å². The molecule has 0 aliphatic rings. The van der Waals surface area contributed by atoms with Gasteiger partial charge in [0.25, 0.3) is 0 Å². The van der Waals surface area contributed by atoms with Crippen LogP contribution in [0.15, 0.2) is 36.5 Å². The highest BCUT2D eigenvalue weighted by molar-refractivity contribution is 7.14. The molecule has 0 aliphatic carbocycles. The normalized spacial score (nSPS) is 11.1. The minimum Gasteiger partial charge on any atom is -0.317 e. The highest BCUT2D eigenvalue weighted by Gasteiger charge is 2.10. The quantitative estimate of drug-likeness (QED) is 0.709. The first-order chi connectivity index (χ1) is 10.4. The number of nitrogens with one attached hydrogen (secondary N) is 1. The SMILES string of the molecule is CCNCCCc1nnc(-c2cccc3ncccc23)s1. The summed E-state index contributed by atoms with van der Waals surface area (Å²) in [6, 6.07) is 10.2. The van der Waals surface area contributed by atoms with E-state index in [1.807, 2.05) is 24.4 Å². The molecule has 0 atom stereocenters.